The molecule has 2 aromatic carbocycles. The Morgan fingerprint density at radius 3 is 2.43 bits per heavy atom. The molecule has 108 valence electrons. The van der Waals surface area contributed by atoms with Gasteiger partial charge in [0.15, 0.2) is 0 Å². The lowest BCUT2D eigenvalue weighted by Crippen LogP contribution is -2.15. The number of nitrogens with zero attached hydrogens (tertiary/aromatic N) is 1. The Labute approximate surface area is 124 Å². The number of aryl methyl sites for hydroxylation is 2. The molecule has 3 N–H and O–H groups in total. The maximum atomic E-state index is 12.5. The Morgan fingerprint density at radius 2 is 1.76 bits per heavy atom. The van der Waals surface area contributed by atoms with Crippen LogP contribution in [0.1, 0.15) is 16.7 Å². The van der Waals surface area contributed by atoms with Crippen LogP contribution in [0.3, 0.4) is 0 Å². The molecule has 5 nitrogen and oxygen atoms in total. The minimum Gasteiger partial charge on any atom is -0.399 e. The number of nitriles is 1. The molecule has 0 aliphatic heterocycles. The van der Waals surface area contributed by atoms with Gasteiger partial charge in [-0.1, -0.05) is 12.1 Å². The smallest absolute Gasteiger partial charge is 0.262 e. The number of hydrogen-bond donors (Lipinski definition) is 2. The molecule has 21 heavy (non-hydrogen) atoms. The van der Waals surface area contributed by atoms with E-state index in [0.717, 1.165) is 5.56 Å². The normalized spacial score (nSPS) is 10.9. The fourth-order valence-corrected chi connectivity index (χ4v) is 3.31. The minimum atomic E-state index is -3.75. The van der Waals surface area contributed by atoms with E-state index < -0.39 is 10.0 Å². The van der Waals surface area contributed by atoms with Crippen LogP contribution in [0, 0.1) is 25.2 Å². The number of nitrogens with one attached hydrogen (secondary N) is 1. The number of anilines is 2. The van der Waals surface area contributed by atoms with E-state index in [1.165, 1.54) is 12.1 Å². The van der Waals surface area contributed by atoms with E-state index in [0.29, 0.717) is 22.5 Å². The Bertz CT molecular complexity index is 836. The van der Waals surface area contributed by atoms with Crippen LogP contribution >= 0.6 is 0 Å². The molecule has 2 aromatic rings. The summed E-state index contributed by atoms with van der Waals surface area (Å²) in [5.41, 5.74) is 8.15. The number of rotatable bonds is 3. The molecule has 0 aliphatic carbocycles. The molecule has 0 bridgehead atoms. The average Bonchev–Trinajstić information content (AvgIpc) is 2.43. The van der Waals surface area contributed by atoms with Crippen molar-refractivity contribution in [3.8, 4) is 6.07 Å². The fraction of sp³-hybridized carbons (Fsp3) is 0.133. The molecule has 0 atom stereocenters. The van der Waals surface area contributed by atoms with Crippen LogP contribution in [-0.2, 0) is 10.0 Å². The second-order valence-corrected chi connectivity index (χ2v) is 6.42. The summed E-state index contributed by atoms with van der Waals surface area (Å²) in [4.78, 5) is 0.129. The predicted molar refractivity (Wildman–Crippen MR) is 82.3 cm³/mol. The van der Waals surface area contributed by atoms with Gasteiger partial charge in [0, 0.05) is 5.69 Å². The molecule has 0 amide bonds. The van der Waals surface area contributed by atoms with E-state index in [1.807, 2.05) is 6.07 Å². The van der Waals surface area contributed by atoms with Gasteiger partial charge < -0.3 is 5.73 Å². The molecule has 0 heterocycles. The van der Waals surface area contributed by atoms with Gasteiger partial charge in [0.05, 0.1) is 22.2 Å². The third-order valence-corrected chi connectivity index (χ3v) is 4.62. The van der Waals surface area contributed by atoms with Crippen molar-refractivity contribution < 1.29 is 8.42 Å². The van der Waals surface area contributed by atoms with Crippen LogP contribution in [0.15, 0.2) is 41.3 Å². The van der Waals surface area contributed by atoms with E-state index in [2.05, 4.69) is 4.72 Å². The van der Waals surface area contributed by atoms with Gasteiger partial charge in [0.2, 0.25) is 0 Å². The standard InChI is InChI=1S/C15H15N3O2S/c1-10-3-5-12(9-16)7-14(10)18-21(19,20)15-8-13(17)6-4-11(15)2/h3-8,18H,17H2,1-2H3. The lowest BCUT2D eigenvalue weighted by molar-refractivity contribution is 0.600. The minimum absolute atomic E-state index is 0.129. The largest absolute Gasteiger partial charge is 0.399 e. The lowest BCUT2D eigenvalue weighted by Gasteiger charge is -2.13. The second kappa shape index (κ2) is 5.46. The van der Waals surface area contributed by atoms with Gasteiger partial charge in [0.1, 0.15) is 0 Å². The molecular weight excluding hydrogens is 286 g/mol. The van der Waals surface area contributed by atoms with Gasteiger partial charge in [0.25, 0.3) is 10.0 Å². The Balaban J connectivity index is 2.47. The highest BCUT2D eigenvalue weighted by molar-refractivity contribution is 7.92. The zero-order chi connectivity index (χ0) is 15.6. The number of nitrogens with two attached hydrogens (primary N) is 1. The first-order chi connectivity index (χ1) is 9.83. The van der Waals surface area contributed by atoms with Crippen molar-refractivity contribution in [1.29, 1.82) is 5.26 Å². The summed E-state index contributed by atoms with van der Waals surface area (Å²) in [6.07, 6.45) is 0. The van der Waals surface area contributed by atoms with Gasteiger partial charge in [-0.2, -0.15) is 5.26 Å². The van der Waals surface area contributed by atoms with Crippen LogP contribution in [-0.4, -0.2) is 8.42 Å². The van der Waals surface area contributed by atoms with Crippen LogP contribution < -0.4 is 10.5 Å². The Kier molecular flexibility index (Phi) is 3.87. The first-order valence-electron chi connectivity index (χ1n) is 6.23. The maximum Gasteiger partial charge on any atom is 0.262 e. The monoisotopic (exact) mass is 301 g/mol. The molecule has 0 spiro atoms. The summed E-state index contributed by atoms with van der Waals surface area (Å²) in [5, 5.41) is 8.91. The number of benzene rings is 2. The van der Waals surface area contributed by atoms with Crippen molar-refractivity contribution in [1.82, 2.24) is 0 Å². The summed E-state index contributed by atoms with van der Waals surface area (Å²) in [5.74, 6) is 0. The Morgan fingerprint density at radius 1 is 1.10 bits per heavy atom. The van der Waals surface area contributed by atoms with E-state index in [9.17, 15) is 8.42 Å². The molecule has 6 heteroatoms. The molecular formula is C15H15N3O2S. The summed E-state index contributed by atoms with van der Waals surface area (Å²) >= 11 is 0. The first kappa shape index (κ1) is 14.9. The molecule has 0 saturated heterocycles. The number of hydrogen-bond acceptors (Lipinski definition) is 4. The summed E-state index contributed by atoms with van der Waals surface area (Å²) in [6.45, 7) is 3.47. The molecule has 2 rings (SSSR count). The molecule has 0 aliphatic rings. The zero-order valence-electron chi connectivity index (χ0n) is 11.7. The van der Waals surface area contributed by atoms with Gasteiger partial charge in [-0.25, -0.2) is 8.42 Å². The van der Waals surface area contributed by atoms with Crippen LogP contribution in [0.2, 0.25) is 0 Å². The van der Waals surface area contributed by atoms with Crippen molar-refractivity contribution >= 4 is 21.4 Å². The zero-order valence-corrected chi connectivity index (χ0v) is 12.5. The van der Waals surface area contributed by atoms with E-state index in [1.54, 1.807) is 38.1 Å². The average molecular weight is 301 g/mol. The van der Waals surface area contributed by atoms with Gasteiger partial charge in [-0.15, -0.1) is 0 Å². The van der Waals surface area contributed by atoms with Crippen LogP contribution in [0.4, 0.5) is 11.4 Å². The summed E-state index contributed by atoms with van der Waals surface area (Å²) in [7, 11) is -3.75. The second-order valence-electron chi connectivity index (χ2n) is 4.77. The quantitative estimate of drug-likeness (QED) is 0.851. The van der Waals surface area contributed by atoms with E-state index in [4.69, 9.17) is 11.0 Å². The van der Waals surface area contributed by atoms with E-state index >= 15 is 0 Å². The van der Waals surface area contributed by atoms with Gasteiger partial charge in [-0.3, -0.25) is 4.72 Å². The fourth-order valence-electron chi connectivity index (χ4n) is 1.91. The van der Waals surface area contributed by atoms with Crippen molar-refractivity contribution in [3.05, 3.63) is 53.1 Å². The van der Waals surface area contributed by atoms with Gasteiger partial charge in [-0.05, 0) is 49.2 Å². The molecule has 0 unspecified atom stereocenters. The topological polar surface area (TPSA) is 96.0 Å². The van der Waals surface area contributed by atoms with Gasteiger partial charge >= 0.3 is 0 Å². The predicted octanol–water partition coefficient (Wildman–Crippen LogP) is 2.56. The van der Waals surface area contributed by atoms with Crippen LogP contribution in [0.25, 0.3) is 0 Å². The van der Waals surface area contributed by atoms with Crippen molar-refractivity contribution in [2.75, 3.05) is 10.5 Å². The highest BCUT2D eigenvalue weighted by atomic mass is 32.2. The third kappa shape index (κ3) is 3.15. The molecule has 0 aromatic heterocycles. The summed E-state index contributed by atoms with van der Waals surface area (Å²) < 4.78 is 27.5. The van der Waals surface area contributed by atoms with Crippen molar-refractivity contribution in [3.63, 3.8) is 0 Å². The maximum absolute atomic E-state index is 12.5. The third-order valence-electron chi connectivity index (χ3n) is 3.11. The highest BCUT2D eigenvalue weighted by Gasteiger charge is 2.18. The molecule has 0 saturated carbocycles. The van der Waals surface area contributed by atoms with Crippen molar-refractivity contribution in [2.45, 2.75) is 18.7 Å². The number of sulfonamides is 1. The highest BCUT2D eigenvalue weighted by Crippen LogP contribution is 2.24. The Hall–Kier alpha value is -2.52. The van der Waals surface area contributed by atoms with Crippen LogP contribution in [0.5, 0.6) is 0 Å². The van der Waals surface area contributed by atoms with Crippen molar-refractivity contribution in [2.24, 2.45) is 0 Å². The first-order valence-corrected chi connectivity index (χ1v) is 7.71. The SMILES string of the molecule is Cc1ccc(C#N)cc1NS(=O)(=O)c1cc(N)ccc1C. The lowest BCUT2D eigenvalue weighted by atomic mass is 10.1. The molecule has 0 radical (unpaired) electrons. The molecule has 0 fully saturated rings. The van der Waals surface area contributed by atoms with E-state index in [-0.39, 0.29) is 4.90 Å². The number of nitrogen functional groups attached to an aromatic ring is 1. The summed E-state index contributed by atoms with van der Waals surface area (Å²) in [6, 6.07) is 11.6.